The van der Waals surface area contributed by atoms with Gasteiger partial charge in [0.05, 0.1) is 11.4 Å². The number of benzene rings is 1. The Hall–Kier alpha value is -2.18. The highest BCUT2D eigenvalue weighted by Crippen LogP contribution is 2.17. The molecular weight excluding hydrogens is 247 g/mol. The van der Waals surface area contributed by atoms with E-state index in [9.17, 15) is 18.0 Å². The molecule has 1 aromatic carbocycles. The zero-order valence-electron chi connectivity index (χ0n) is 9.67. The summed E-state index contributed by atoms with van der Waals surface area (Å²) in [6.07, 6.45) is 0. The summed E-state index contributed by atoms with van der Waals surface area (Å²) in [6, 6.07) is 1.47. The van der Waals surface area contributed by atoms with Gasteiger partial charge in [-0.25, -0.2) is 17.9 Å². The minimum Gasteiger partial charge on any atom is -0.393 e. The number of nitrogens with two attached hydrogens (primary N) is 1. The predicted octanol–water partition coefficient (Wildman–Crippen LogP) is 1.48. The standard InChI is InChI=1S/C11H10F3N3O/c1-5-10(15)11(18)17(16(5)2)6-3-7(12)9(14)8(13)4-6/h3-4H,15H2,1-2H3. The van der Waals surface area contributed by atoms with Crippen molar-refractivity contribution in [3.63, 3.8) is 0 Å². The van der Waals surface area contributed by atoms with Crippen molar-refractivity contribution < 1.29 is 13.2 Å². The van der Waals surface area contributed by atoms with E-state index in [2.05, 4.69) is 0 Å². The van der Waals surface area contributed by atoms with E-state index in [0.717, 1.165) is 16.8 Å². The van der Waals surface area contributed by atoms with Gasteiger partial charge < -0.3 is 5.73 Å². The summed E-state index contributed by atoms with van der Waals surface area (Å²) in [5, 5.41) is 0. The highest BCUT2D eigenvalue weighted by Gasteiger charge is 2.17. The van der Waals surface area contributed by atoms with Crippen LogP contribution in [0.15, 0.2) is 16.9 Å². The van der Waals surface area contributed by atoms with Crippen LogP contribution in [-0.2, 0) is 7.05 Å². The summed E-state index contributed by atoms with van der Waals surface area (Å²) < 4.78 is 41.4. The molecule has 0 aliphatic carbocycles. The van der Waals surface area contributed by atoms with Crippen LogP contribution in [0.2, 0.25) is 0 Å². The van der Waals surface area contributed by atoms with E-state index in [0.29, 0.717) is 5.69 Å². The van der Waals surface area contributed by atoms with Gasteiger partial charge in [0.25, 0.3) is 5.56 Å². The fourth-order valence-electron chi connectivity index (χ4n) is 1.68. The monoisotopic (exact) mass is 257 g/mol. The highest BCUT2D eigenvalue weighted by molar-refractivity contribution is 5.45. The Morgan fingerprint density at radius 2 is 1.67 bits per heavy atom. The lowest BCUT2D eigenvalue weighted by Gasteiger charge is -2.08. The van der Waals surface area contributed by atoms with Gasteiger partial charge in [-0.15, -0.1) is 0 Å². The van der Waals surface area contributed by atoms with Gasteiger partial charge in [0.2, 0.25) is 0 Å². The second-order valence-electron chi connectivity index (χ2n) is 3.86. The van der Waals surface area contributed by atoms with Crippen molar-refractivity contribution in [3.05, 3.63) is 45.6 Å². The first-order valence-corrected chi connectivity index (χ1v) is 5.03. The second kappa shape index (κ2) is 3.94. The first kappa shape index (κ1) is 12.3. The van der Waals surface area contributed by atoms with E-state index < -0.39 is 23.0 Å². The van der Waals surface area contributed by atoms with E-state index in [1.807, 2.05) is 0 Å². The molecule has 4 nitrogen and oxygen atoms in total. The van der Waals surface area contributed by atoms with Crippen LogP contribution in [-0.4, -0.2) is 9.36 Å². The predicted molar refractivity (Wildman–Crippen MR) is 60.0 cm³/mol. The quantitative estimate of drug-likeness (QED) is 0.787. The first-order chi connectivity index (χ1) is 8.34. The molecule has 0 radical (unpaired) electrons. The van der Waals surface area contributed by atoms with Gasteiger partial charge in [-0.1, -0.05) is 0 Å². The van der Waals surface area contributed by atoms with E-state index in [1.165, 1.54) is 11.7 Å². The summed E-state index contributed by atoms with van der Waals surface area (Å²) >= 11 is 0. The first-order valence-electron chi connectivity index (χ1n) is 5.03. The molecule has 0 fully saturated rings. The zero-order valence-corrected chi connectivity index (χ0v) is 9.67. The Labute approximate surface area is 100 Å². The highest BCUT2D eigenvalue weighted by atomic mass is 19.2. The van der Waals surface area contributed by atoms with E-state index in [-0.39, 0.29) is 11.4 Å². The van der Waals surface area contributed by atoms with Gasteiger partial charge >= 0.3 is 0 Å². The van der Waals surface area contributed by atoms with Crippen LogP contribution in [0.4, 0.5) is 18.9 Å². The van der Waals surface area contributed by atoms with Gasteiger partial charge in [-0.3, -0.25) is 9.48 Å². The topological polar surface area (TPSA) is 53.0 Å². The molecular formula is C11H10F3N3O. The summed E-state index contributed by atoms with van der Waals surface area (Å²) in [4.78, 5) is 11.8. The van der Waals surface area contributed by atoms with Crippen molar-refractivity contribution in [2.45, 2.75) is 6.92 Å². The molecule has 0 bridgehead atoms. The van der Waals surface area contributed by atoms with Crippen LogP contribution in [0, 0.1) is 24.4 Å². The average molecular weight is 257 g/mol. The van der Waals surface area contributed by atoms with E-state index >= 15 is 0 Å². The van der Waals surface area contributed by atoms with Crippen LogP contribution < -0.4 is 11.3 Å². The van der Waals surface area contributed by atoms with Crippen molar-refractivity contribution in [1.29, 1.82) is 0 Å². The molecule has 0 aliphatic rings. The lowest BCUT2D eigenvalue weighted by Crippen LogP contribution is -2.21. The minimum atomic E-state index is -1.58. The molecule has 2 rings (SSSR count). The third-order valence-electron chi connectivity index (χ3n) is 2.81. The van der Waals surface area contributed by atoms with Crippen LogP contribution in [0.3, 0.4) is 0 Å². The fourth-order valence-corrected chi connectivity index (χ4v) is 1.68. The molecule has 96 valence electrons. The molecule has 0 saturated heterocycles. The molecule has 0 aliphatic heterocycles. The number of aromatic nitrogens is 2. The van der Waals surface area contributed by atoms with Crippen LogP contribution in [0.25, 0.3) is 5.69 Å². The Balaban J connectivity index is 2.78. The normalized spacial score (nSPS) is 10.9. The van der Waals surface area contributed by atoms with Crippen molar-refractivity contribution >= 4 is 5.69 Å². The molecule has 2 aromatic rings. The maximum absolute atomic E-state index is 13.1. The Morgan fingerprint density at radius 3 is 2.06 bits per heavy atom. The fraction of sp³-hybridized carbons (Fsp3) is 0.182. The maximum Gasteiger partial charge on any atom is 0.294 e. The molecule has 0 atom stereocenters. The summed E-state index contributed by atoms with van der Waals surface area (Å²) in [5.74, 6) is -4.31. The molecule has 18 heavy (non-hydrogen) atoms. The average Bonchev–Trinajstić information content (AvgIpc) is 2.50. The van der Waals surface area contributed by atoms with Gasteiger partial charge in [0.15, 0.2) is 17.5 Å². The molecule has 0 amide bonds. The van der Waals surface area contributed by atoms with Gasteiger partial charge in [-0.05, 0) is 6.92 Å². The maximum atomic E-state index is 13.1. The number of anilines is 1. The van der Waals surface area contributed by atoms with Gasteiger partial charge in [0.1, 0.15) is 5.69 Å². The third-order valence-corrected chi connectivity index (χ3v) is 2.81. The van der Waals surface area contributed by atoms with Crippen LogP contribution >= 0.6 is 0 Å². The van der Waals surface area contributed by atoms with Gasteiger partial charge in [0, 0.05) is 19.2 Å². The molecule has 7 heteroatoms. The third kappa shape index (κ3) is 1.59. The number of hydrogen-bond donors (Lipinski definition) is 1. The number of nitrogens with zero attached hydrogens (tertiary/aromatic N) is 2. The molecule has 0 spiro atoms. The van der Waals surface area contributed by atoms with Gasteiger partial charge in [-0.2, -0.15) is 0 Å². The summed E-state index contributed by atoms with van der Waals surface area (Å²) in [5.41, 5.74) is 5.22. The number of nitrogen functional groups attached to an aromatic ring is 1. The Morgan fingerprint density at radius 1 is 1.17 bits per heavy atom. The van der Waals surface area contributed by atoms with E-state index in [4.69, 9.17) is 5.73 Å². The van der Waals surface area contributed by atoms with Crippen molar-refractivity contribution in [2.24, 2.45) is 7.05 Å². The van der Waals surface area contributed by atoms with Crippen molar-refractivity contribution in [3.8, 4) is 5.69 Å². The summed E-state index contributed by atoms with van der Waals surface area (Å²) in [6.45, 7) is 1.59. The smallest absolute Gasteiger partial charge is 0.294 e. The van der Waals surface area contributed by atoms with Crippen molar-refractivity contribution in [2.75, 3.05) is 5.73 Å². The number of halogens is 3. The largest absolute Gasteiger partial charge is 0.393 e. The number of rotatable bonds is 1. The Bertz CT molecular complexity index is 665. The van der Waals surface area contributed by atoms with E-state index in [1.54, 1.807) is 6.92 Å². The minimum absolute atomic E-state index is 0.0253. The molecule has 0 unspecified atom stereocenters. The van der Waals surface area contributed by atoms with Crippen molar-refractivity contribution in [1.82, 2.24) is 9.36 Å². The zero-order chi connectivity index (χ0) is 13.6. The molecule has 0 saturated carbocycles. The van der Waals surface area contributed by atoms with Crippen LogP contribution in [0.5, 0.6) is 0 Å². The second-order valence-corrected chi connectivity index (χ2v) is 3.86. The number of hydrogen-bond acceptors (Lipinski definition) is 2. The Kier molecular flexibility index (Phi) is 2.68. The molecule has 1 heterocycles. The lowest BCUT2D eigenvalue weighted by molar-refractivity contribution is 0.444. The lowest BCUT2D eigenvalue weighted by atomic mass is 10.3. The molecule has 1 aromatic heterocycles. The van der Waals surface area contributed by atoms with Crippen LogP contribution in [0.1, 0.15) is 5.69 Å². The summed E-state index contributed by atoms with van der Waals surface area (Å²) in [7, 11) is 1.51. The SMILES string of the molecule is Cc1c(N)c(=O)n(-c2cc(F)c(F)c(F)c2)n1C. The molecule has 2 N–H and O–H groups in total.